The van der Waals surface area contributed by atoms with Gasteiger partial charge in [-0.1, -0.05) is 44.2 Å². The molecule has 0 bridgehead atoms. The lowest BCUT2D eigenvalue weighted by molar-refractivity contribution is -0.118. The Morgan fingerprint density at radius 3 is 2.45 bits per heavy atom. The molecule has 0 radical (unpaired) electrons. The molecule has 2 heterocycles. The molecule has 164 valence electrons. The van der Waals surface area contributed by atoms with Gasteiger partial charge in [0.1, 0.15) is 6.54 Å². The zero-order valence-electron chi connectivity index (χ0n) is 17.3. The van der Waals surface area contributed by atoms with Crippen LogP contribution in [0.4, 0.5) is 0 Å². The van der Waals surface area contributed by atoms with Gasteiger partial charge in [-0.05, 0) is 11.6 Å². The smallest absolute Gasteiger partial charge is 0.268 e. The molecule has 3 aromatic rings. The molecule has 0 N–H and O–H groups in total. The van der Waals surface area contributed by atoms with E-state index in [2.05, 4.69) is 4.99 Å². The summed E-state index contributed by atoms with van der Waals surface area (Å²) in [6, 6.07) is 12.2. The van der Waals surface area contributed by atoms with Crippen molar-refractivity contribution >= 4 is 27.3 Å². The number of thiazole rings is 1. The summed E-state index contributed by atoms with van der Waals surface area (Å²) in [6.45, 7) is 4.33. The Morgan fingerprint density at radius 2 is 1.77 bits per heavy atom. The molecule has 0 fully saturated rings. The standard InChI is InChI=1S/C21H24N4O4S2/c1-3-25(4-2)31(28,29)18-10-11-20(27)24(15-18)16-19(26)22-21-23(12-13-30-21)14-17-8-6-5-7-9-17/h5-13,15H,3-4,14,16H2,1-2H3. The first-order valence-corrected chi connectivity index (χ1v) is 12.1. The van der Waals surface area contributed by atoms with Gasteiger partial charge in [-0.2, -0.15) is 9.30 Å². The molecule has 0 atom stereocenters. The molecule has 0 aliphatic heterocycles. The molecule has 0 aliphatic rings. The molecule has 1 amide bonds. The first kappa shape index (κ1) is 22.9. The van der Waals surface area contributed by atoms with Gasteiger partial charge in [0.15, 0.2) is 4.80 Å². The maximum absolute atomic E-state index is 12.7. The predicted molar refractivity (Wildman–Crippen MR) is 119 cm³/mol. The fraction of sp³-hybridized carbons (Fsp3) is 0.286. The molecule has 1 aromatic carbocycles. The number of benzene rings is 1. The fourth-order valence-electron chi connectivity index (χ4n) is 3.07. The lowest BCUT2D eigenvalue weighted by atomic mass is 10.2. The van der Waals surface area contributed by atoms with E-state index < -0.39 is 21.5 Å². The molecule has 0 saturated carbocycles. The van der Waals surface area contributed by atoms with Crippen molar-refractivity contribution in [3.8, 4) is 0 Å². The highest BCUT2D eigenvalue weighted by atomic mass is 32.2. The largest absolute Gasteiger partial charge is 0.319 e. The van der Waals surface area contributed by atoms with Crippen molar-refractivity contribution in [2.45, 2.75) is 31.8 Å². The molecule has 31 heavy (non-hydrogen) atoms. The molecule has 0 aliphatic carbocycles. The predicted octanol–water partition coefficient (Wildman–Crippen LogP) is 1.92. The zero-order chi connectivity index (χ0) is 22.4. The third kappa shape index (κ3) is 5.46. The minimum absolute atomic E-state index is 0.0288. The van der Waals surface area contributed by atoms with Gasteiger partial charge in [0.2, 0.25) is 10.0 Å². The van der Waals surface area contributed by atoms with Gasteiger partial charge in [-0.25, -0.2) is 8.42 Å². The lowest BCUT2D eigenvalue weighted by Crippen LogP contribution is -2.32. The molecule has 3 rings (SSSR count). The Labute approximate surface area is 184 Å². The number of rotatable bonds is 8. The van der Waals surface area contributed by atoms with Crippen LogP contribution in [0.25, 0.3) is 0 Å². The highest BCUT2D eigenvalue weighted by Crippen LogP contribution is 2.13. The Bertz CT molecular complexity index is 1270. The SMILES string of the molecule is CCN(CC)S(=O)(=O)c1ccc(=O)n(CC(=O)N=c2sccn2Cc2ccccc2)c1. The van der Waals surface area contributed by atoms with Crippen LogP contribution in [-0.2, 0) is 27.9 Å². The number of nitrogens with zero attached hydrogens (tertiary/aromatic N) is 4. The van der Waals surface area contributed by atoms with Crippen LogP contribution < -0.4 is 10.4 Å². The van der Waals surface area contributed by atoms with Gasteiger partial charge < -0.3 is 9.13 Å². The highest BCUT2D eigenvalue weighted by Gasteiger charge is 2.22. The topological polar surface area (TPSA) is 93.7 Å². The van der Waals surface area contributed by atoms with E-state index in [1.165, 1.54) is 27.9 Å². The quantitative estimate of drug-likeness (QED) is 0.513. The van der Waals surface area contributed by atoms with Crippen LogP contribution >= 0.6 is 11.3 Å². The molecule has 0 spiro atoms. The monoisotopic (exact) mass is 460 g/mol. The van der Waals surface area contributed by atoms with E-state index in [0.717, 1.165) is 16.2 Å². The lowest BCUT2D eigenvalue weighted by Gasteiger charge is -2.18. The number of hydrogen-bond acceptors (Lipinski definition) is 5. The van der Waals surface area contributed by atoms with Crippen LogP contribution in [0.15, 0.2) is 74.9 Å². The summed E-state index contributed by atoms with van der Waals surface area (Å²) < 4.78 is 29.7. The Kier molecular flexibility index (Phi) is 7.37. The summed E-state index contributed by atoms with van der Waals surface area (Å²) in [6.07, 6.45) is 3.04. The van der Waals surface area contributed by atoms with E-state index in [-0.39, 0.29) is 11.4 Å². The van der Waals surface area contributed by atoms with Crippen LogP contribution in [-0.4, -0.2) is 40.9 Å². The third-order valence-corrected chi connectivity index (χ3v) is 7.51. The molecular weight excluding hydrogens is 436 g/mol. The van der Waals surface area contributed by atoms with Gasteiger partial charge >= 0.3 is 0 Å². The first-order chi connectivity index (χ1) is 14.8. The highest BCUT2D eigenvalue weighted by molar-refractivity contribution is 7.89. The minimum atomic E-state index is -3.74. The number of carbonyl (C=O) groups excluding carboxylic acids is 1. The maximum Gasteiger partial charge on any atom is 0.268 e. The number of aromatic nitrogens is 2. The number of amides is 1. The summed E-state index contributed by atoms with van der Waals surface area (Å²) in [5.74, 6) is -0.538. The molecule has 0 saturated heterocycles. The van der Waals surface area contributed by atoms with Gasteiger partial charge in [0.25, 0.3) is 11.5 Å². The average Bonchev–Trinajstić information content (AvgIpc) is 3.17. The van der Waals surface area contributed by atoms with Gasteiger partial charge in [0.05, 0.1) is 4.90 Å². The van der Waals surface area contributed by atoms with Crippen molar-refractivity contribution in [3.05, 3.63) is 81.0 Å². The van der Waals surface area contributed by atoms with Crippen molar-refractivity contribution in [2.75, 3.05) is 13.1 Å². The van der Waals surface area contributed by atoms with Crippen molar-refractivity contribution in [1.82, 2.24) is 13.4 Å². The van der Waals surface area contributed by atoms with Crippen molar-refractivity contribution in [2.24, 2.45) is 4.99 Å². The second kappa shape index (κ2) is 9.99. The van der Waals surface area contributed by atoms with E-state index in [1.807, 2.05) is 46.5 Å². The Morgan fingerprint density at radius 1 is 1.06 bits per heavy atom. The first-order valence-electron chi connectivity index (χ1n) is 9.81. The molecule has 8 nitrogen and oxygen atoms in total. The molecular formula is C21H24N4O4S2. The summed E-state index contributed by atoms with van der Waals surface area (Å²) in [7, 11) is -3.74. The van der Waals surface area contributed by atoms with E-state index in [1.54, 1.807) is 13.8 Å². The van der Waals surface area contributed by atoms with Crippen LogP contribution in [0.1, 0.15) is 19.4 Å². The second-order valence-electron chi connectivity index (χ2n) is 6.72. The van der Waals surface area contributed by atoms with Crippen LogP contribution in [0, 0.1) is 0 Å². The Hall–Kier alpha value is -2.82. The number of pyridine rings is 1. The number of hydrogen-bond donors (Lipinski definition) is 0. The van der Waals surface area contributed by atoms with Crippen LogP contribution in [0.3, 0.4) is 0 Å². The average molecular weight is 461 g/mol. The van der Waals surface area contributed by atoms with Crippen molar-refractivity contribution in [1.29, 1.82) is 0 Å². The normalized spacial score (nSPS) is 12.4. The van der Waals surface area contributed by atoms with E-state index in [0.29, 0.717) is 24.4 Å². The third-order valence-electron chi connectivity index (χ3n) is 4.68. The van der Waals surface area contributed by atoms with Crippen molar-refractivity contribution < 1.29 is 13.2 Å². The summed E-state index contributed by atoms with van der Waals surface area (Å²) in [5.41, 5.74) is 0.603. The number of carbonyl (C=O) groups is 1. The van der Waals surface area contributed by atoms with Gasteiger partial charge in [-0.15, -0.1) is 11.3 Å². The molecule has 10 heteroatoms. The molecule has 0 unspecified atom stereocenters. The van der Waals surface area contributed by atoms with E-state index >= 15 is 0 Å². The van der Waals surface area contributed by atoms with Crippen molar-refractivity contribution in [3.63, 3.8) is 0 Å². The van der Waals surface area contributed by atoms with Gasteiger partial charge in [0, 0.05) is 43.5 Å². The fourth-order valence-corrected chi connectivity index (χ4v) is 5.30. The van der Waals surface area contributed by atoms with Crippen LogP contribution in [0.5, 0.6) is 0 Å². The Balaban J connectivity index is 1.85. The van der Waals surface area contributed by atoms with E-state index in [9.17, 15) is 18.0 Å². The molecule has 2 aromatic heterocycles. The number of sulfonamides is 1. The summed E-state index contributed by atoms with van der Waals surface area (Å²) in [4.78, 5) is 29.4. The maximum atomic E-state index is 12.7. The van der Waals surface area contributed by atoms with Crippen LogP contribution in [0.2, 0.25) is 0 Å². The van der Waals surface area contributed by atoms with E-state index in [4.69, 9.17) is 0 Å². The van der Waals surface area contributed by atoms with Gasteiger partial charge in [-0.3, -0.25) is 9.59 Å². The summed E-state index contributed by atoms with van der Waals surface area (Å²) in [5, 5.41) is 1.83. The minimum Gasteiger partial charge on any atom is -0.319 e. The summed E-state index contributed by atoms with van der Waals surface area (Å²) >= 11 is 1.31. The zero-order valence-corrected chi connectivity index (χ0v) is 19.0. The second-order valence-corrected chi connectivity index (χ2v) is 9.54.